The molecule has 3 nitrogen and oxygen atoms in total. The Balaban J connectivity index is 1.87. The van der Waals surface area contributed by atoms with E-state index in [1.54, 1.807) is 0 Å². The van der Waals surface area contributed by atoms with Crippen LogP contribution < -0.4 is 0 Å². The first-order chi connectivity index (χ1) is 10.0. The molecule has 0 amide bonds. The lowest BCUT2D eigenvalue weighted by atomic mass is 10.0. The zero-order valence-electron chi connectivity index (χ0n) is 12.7. The number of hydrogen-bond donors (Lipinski definition) is 1. The van der Waals surface area contributed by atoms with E-state index in [9.17, 15) is 13.9 Å². The zero-order valence-corrected chi connectivity index (χ0v) is 12.7. The molecule has 118 valence electrons. The molecule has 0 spiro atoms. The van der Waals surface area contributed by atoms with Crippen LogP contribution in [-0.4, -0.2) is 53.7 Å². The maximum Gasteiger partial charge on any atom is 0.164 e. The van der Waals surface area contributed by atoms with Gasteiger partial charge in [0.15, 0.2) is 11.6 Å². The highest BCUT2D eigenvalue weighted by atomic mass is 19.2. The van der Waals surface area contributed by atoms with Crippen LogP contribution in [0.2, 0.25) is 0 Å². The van der Waals surface area contributed by atoms with Crippen LogP contribution in [0, 0.1) is 11.6 Å². The third-order valence-corrected chi connectivity index (χ3v) is 4.31. The Morgan fingerprint density at radius 1 is 1.33 bits per heavy atom. The van der Waals surface area contributed by atoms with Crippen LogP contribution in [0.5, 0.6) is 0 Å². The molecule has 1 aliphatic heterocycles. The Kier molecular flexibility index (Phi) is 5.67. The van der Waals surface area contributed by atoms with Crippen LogP contribution in [0.4, 0.5) is 8.78 Å². The highest BCUT2D eigenvalue weighted by Crippen LogP contribution is 2.22. The molecule has 21 heavy (non-hydrogen) atoms. The Hall–Kier alpha value is -1.04. The SMILES string of the molecule is CCN1CCN(CCC(O)c2cccc(F)c2F)CC1C. The van der Waals surface area contributed by atoms with Gasteiger partial charge in [-0.05, 0) is 26.0 Å². The smallest absolute Gasteiger partial charge is 0.164 e. The summed E-state index contributed by atoms with van der Waals surface area (Å²) in [4.78, 5) is 4.69. The molecular weight excluding hydrogens is 274 g/mol. The third-order valence-electron chi connectivity index (χ3n) is 4.31. The van der Waals surface area contributed by atoms with Gasteiger partial charge in [-0.25, -0.2) is 8.78 Å². The van der Waals surface area contributed by atoms with Gasteiger partial charge in [-0.1, -0.05) is 19.1 Å². The number of rotatable bonds is 5. The highest BCUT2D eigenvalue weighted by Gasteiger charge is 2.23. The molecule has 1 aliphatic rings. The summed E-state index contributed by atoms with van der Waals surface area (Å²) < 4.78 is 26.8. The molecule has 0 radical (unpaired) electrons. The molecule has 2 rings (SSSR count). The normalized spacial score (nSPS) is 22.4. The van der Waals surface area contributed by atoms with Crippen LogP contribution in [0.1, 0.15) is 31.9 Å². The van der Waals surface area contributed by atoms with Gasteiger partial charge in [-0.3, -0.25) is 4.90 Å². The average molecular weight is 298 g/mol. The molecule has 0 aliphatic carbocycles. The zero-order chi connectivity index (χ0) is 15.4. The Labute approximate surface area is 125 Å². The fourth-order valence-corrected chi connectivity index (χ4v) is 2.98. The molecule has 1 heterocycles. The second kappa shape index (κ2) is 7.29. The number of halogens is 2. The van der Waals surface area contributed by atoms with Crippen LogP contribution in [0.3, 0.4) is 0 Å². The van der Waals surface area contributed by atoms with Crippen LogP contribution in [0.25, 0.3) is 0 Å². The molecule has 1 fully saturated rings. The van der Waals surface area contributed by atoms with Crippen LogP contribution in [0.15, 0.2) is 18.2 Å². The number of aliphatic hydroxyl groups excluding tert-OH is 1. The second-order valence-electron chi connectivity index (χ2n) is 5.73. The van der Waals surface area contributed by atoms with Crippen molar-refractivity contribution in [1.29, 1.82) is 0 Å². The number of aliphatic hydroxyl groups is 1. The first-order valence-electron chi connectivity index (χ1n) is 7.61. The van der Waals surface area contributed by atoms with Gasteiger partial charge in [-0.2, -0.15) is 0 Å². The molecule has 0 bridgehead atoms. The number of nitrogens with zero attached hydrogens (tertiary/aromatic N) is 2. The van der Waals surface area contributed by atoms with Gasteiger partial charge in [0.25, 0.3) is 0 Å². The maximum atomic E-state index is 13.6. The molecular formula is C16H24F2N2O. The summed E-state index contributed by atoms with van der Waals surface area (Å²) in [6, 6.07) is 4.43. The van der Waals surface area contributed by atoms with E-state index >= 15 is 0 Å². The summed E-state index contributed by atoms with van der Waals surface area (Å²) in [6.45, 7) is 9.01. The number of likely N-dealkylation sites (N-methyl/N-ethyl adjacent to an activating group) is 1. The molecule has 1 aromatic rings. The van der Waals surface area contributed by atoms with Crippen molar-refractivity contribution < 1.29 is 13.9 Å². The highest BCUT2D eigenvalue weighted by molar-refractivity contribution is 5.21. The molecule has 1 N–H and O–H groups in total. The summed E-state index contributed by atoms with van der Waals surface area (Å²) in [6.07, 6.45) is -0.542. The van der Waals surface area contributed by atoms with Crippen LogP contribution in [-0.2, 0) is 0 Å². The van der Waals surface area contributed by atoms with Gasteiger partial charge in [0.1, 0.15) is 0 Å². The van der Waals surface area contributed by atoms with Crippen molar-refractivity contribution in [3.05, 3.63) is 35.4 Å². The lowest BCUT2D eigenvalue weighted by Crippen LogP contribution is -2.51. The van der Waals surface area contributed by atoms with E-state index < -0.39 is 17.7 Å². The largest absolute Gasteiger partial charge is 0.388 e. The molecule has 2 unspecified atom stereocenters. The van der Waals surface area contributed by atoms with E-state index in [2.05, 4.69) is 23.6 Å². The van der Waals surface area contributed by atoms with Gasteiger partial charge < -0.3 is 10.0 Å². The summed E-state index contributed by atoms with van der Waals surface area (Å²) >= 11 is 0. The first kappa shape index (κ1) is 16.3. The Morgan fingerprint density at radius 3 is 2.76 bits per heavy atom. The first-order valence-corrected chi connectivity index (χ1v) is 7.61. The van der Waals surface area contributed by atoms with Gasteiger partial charge in [0.2, 0.25) is 0 Å². The second-order valence-corrected chi connectivity index (χ2v) is 5.73. The van der Waals surface area contributed by atoms with Crippen molar-refractivity contribution in [3.8, 4) is 0 Å². The summed E-state index contributed by atoms with van der Waals surface area (Å²) in [7, 11) is 0. The molecule has 0 saturated carbocycles. The predicted molar refractivity (Wildman–Crippen MR) is 79.1 cm³/mol. The summed E-state index contributed by atoms with van der Waals surface area (Å²) in [5.74, 6) is -1.84. The standard InChI is InChI=1S/C16H24F2N2O/c1-3-20-10-9-19(11-12(20)2)8-7-15(21)13-5-4-6-14(17)16(13)18/h4-6,12,15,21H,3,7-11H2,1-2H3. The quantitative estimate of drug-likeness (QED) is 0.904. The number of benzene rings is 1. The lowest BCUT2D eigenvalue weighted by molar-refractivity contribution is 0.0711. The molecule has 0 aromatic heterocycles. The Morgan fingerprint density at radius 2 is 2.10 bits per heavy atom. The third kappa shape index (κ3) is 3.99. The minimum Gasteiger partial charge on any atom is -0.388 e. The van der Waals surface area contributed by atoms with E-state index in [1.807, 2.05) is 0 Å². The van der Waals surface area contributed by atoms with Gasteiger partial charge in [0, 0.05) is 37.8 Å². The van der Waals surface area contributed by atoms with Crippen molar-refractivity contribution >= 4 is 0 Å². The molecule has 2 atom stereocenters. The van der Waals surface area contributed by atoms with Crippen LogP contribution >= 0.6 is 0 Å². The van der Waals surface area contributed by atoms with Crippen molar-refractivity contribution in [2.24, 2.45) is 0 Å². The average Bonchev–Trinajstić information content (AvgIpc) is 2.47. The van der Waals surface area contributed by atoms with Crippen molar-refractivity contribution in [2.45, 2.75) is 32.4 Å². The van der Waals surface area contributed by atoms with E-state index in [-0.39, 0.29) is 5.56 Å². The number of piperazine rings is 1. The van der Waals surface area contributed by atoms with E-state index in [1.165, 1.54) is 12.1 Å². The van der Waals surface area contributed by atoms with Crippen molar-refractivity contribution in [3.63, 3.8) is 0 Å². The summed E-state index contributed by atoms with van der Waals surface area (Å²) in [5.41, 5.74) is 0.0512. The van der Waals surface area contributed by atoms with Crippen molar-refractivity contribution in [1.82, 2.24) is 9.80 Å². The van der Waals surface area contributed by atoms with E-state index in [0.29, 0.717) is 19.0 Å². The minimum absolute atomic E-state index is 0.0512. The topological polar surface area (TPSA) is 26.7 Å². The van der Waals surface area contributed by atoms with E-state index in [4.69, 9.17) is 0 Å². The fourth-order valence-electron chi connectivity index (χ4n) is 2.98. The van der Waals surface area contributed by atoms with Gasteiger partial charge >= 0.3 is 0 Å². The fraction of sp³-hybridized carbons (Fsp3) is 0.625. The Bertz CT molecular complexity index is 470. The minimum atomic E-state index is -0.958. The van der Waals surface area contributed by atoms with Crippen molar-refractivity contribution in [2.75, 3.05) is 32.7 Å². The maximum absolute atomic E-state index is 13.6. The monoisotopic (exact) mass is 298 g/mol. The number of hydrogen-bond acceptors (Lipinski definition) is 3. The predicted octanol–water partition coefficient (Wildman–Crippen LogP) is 2.41. The molecule has 5 heteroatoms. The lowest BCUT2D eigenvalue weighted by Gasteiger charge is -2.39. The molecule has 1 aromatic carbocycles. The molecule has 1 saturated heterocycles. The summed E-state index contributed by atoms with van der Waals surface area (Å²) in [5, 5.41) is 10.1. The van der Waals surface area contributed by atoms with Gasteiger partial charge in [0.05, 0.1) is 6.10 Å². The van der Waals surface area contributed by atoms with Gasteiger partial charge in [-0.15, -0.1) is 0 Å². The van der Waals surface area contributed by atoms with E-state index in [0.717, 1.165) is 32.2 Å².